The van der Waals surface area contributed by atoms with Crippen molar-refractivity contribution in [3.63, 3.8) is 0 Å². The molecule has 0 radical (unpaired) electrons. The highest BCUT2D eigenvalue weighted by molar-refractivity contribution is 7.89. The van der Waals surface area contributed by atoms with E-state index in [9.17, 15) is 8.42 Å². The first-order valence-corrected chi connectivity index (χ1v) is 7.23. The second-order valence-corrected chi connectivity index (χ2v) is 5.90. The summed E-state index contributed by atoms with van der Waals surface area (Å²) in [5.74, 6) is 0. The third-order valence-corrected chi connectivity index (χ3v) is 4.20. The van der Waals surface area contributed by atoms with Gasteiger partial charge < -0.3 is 14.2 Å². The molecule has 2 heterocycles. The number of nitrogens with one attached hydrogen (secondary N) is 1. The second-order valence-electron chi connectivity index (χ2n) is 4.13. The van der Waals surface area contributed by atoms with Crippen molar-refractivity contribution in [1.82, 2.24) is 18.8 Å². The molecule has 0 aliphatic rings. The van der Waals surface area contributed by atoms with Crippen molar-refractivity contribution in [1.29, 1.82) is 0 Å². The van der Waals surface area contributed by atoms with Gasteiger partial charge in [0, 0.05) is 44.4 Å². The summed E-state index contributed by atoms with van der Waals surface area (Å²) in [4.78, 5) is 4.03. The molecule has 0 bridgehead atoms. The van der Waals surface area contributed by atoms with Crippen LogP contribution in [0.2, 0.25) is 0 Å². The molecule has 2 N–H and O–H groups in total. The Kier molecular flexibility index (Phi) is 4.03. The Morgan fingerprint density at radius 1 is 1.47 bits per heavy atom. The summed E-state index contributed by atoms with van der Waals surface area (Å²) in [6.07, 6.45) is 6.51. The lowest BCUT2D eigenvalue weighted by Crippen LogP contribution is -2.27. The molecular formula is C11H16N4O3S. The lowest BCUT2D eigenvalue weighted by Gasteiger charge is -2.05. The van der Waals surface area contributed by atoms with Crippen molar-refractivity contribution >= 4 is 10.0 Å². The van der Waals surface area contributed by atoms with Crippen molar-refractivity contribution in [2.24, 2.45) is 7.05 Å². The van der Waals surface area contributed by atoms with E-state index in [-0.39, 0.29) is 18.0 Å². The fraction of sp³-hybridized carbons (Fsp3) is 0.364. The molecule has 0 spiro atoms. The topological polar surface area (TPSA) is 89.2 Å². The monoisotopic (exact) mass is 284 g/mol. The highest BCUT2D eigenvalue weighted by Crippen LogP contribution is 2.13. The van der Waals surface area contributed by atoms with E-state index in [1.165, 1.54) is 12.3 Å². The zero-order valence-corrected chi connectivity index (χ0v) is 11.3. The van der Waals surface area contributed by atoms with Crippen molar-refractivity contribution in [3.8, 4) is 0 Å². The summed E-state index contributed by atoms with van der Waals surface area (Å²) >= 11 is 0. The van der Waals surface area contributed by atoms with Crippen molar-refractivity contribution in [3.05, 3.63) is 36.7 Å². The summed E-state index contributed by atoms with van der Waals surface area (Å²) in [5.41, 5.74) is 0.551. The second kappa shape index (κ2) is 5.55. The quantitative estimate of drug-likeness (QED) is 0.761. The van der Waals surface area contributed by atoms with Gasteiger partial charge in [-0.1, -0.05) is 0 Å². The Balaban J connectivity index is 2.01. The molecule has 0 saturated carbocycles. The number of aromatic nitrogens is 3. The number of imidazole rings is 1. The van der Waals surface area contributed by atoms with E-state index in [1.807, 2.05) is 0 Å². The van der Waals surface area contributed by atoms with Crippen LogP contribution in [0.25, 0.3) is 0 Å². The first kappa shape index (κ1) is 13.8. The molecule has 104 valence electrons. The number of aliphatic hydroxyl groups excluding tert-OH is 1. The van der Waals surface area contributed by atoms with Gasteiger partial charge >= 0.3 is 0 Å². The van der Waals surface area contributed by atoms with Gasteiger partial charge in [0.25, 0.3) is 0 Å². The normalized spacial score (nSPS) is 11.9. The Bertz CT molecular complexity index is 631. The van der Waals surface area contributed by atoms with Crippen molar-refractivity contribution in [2.45, 2.75) is 18.0 Å². The lowest BCUT2D eigenvalue weighted by atomic mass is 10.5. The molecular weight excluding hydrogens is 268 g/mol. The largest absolute Gasteiger partial charge is 0.390 e. The number of aryl methyl sites for hydroxylation is 1. The molecule has 0 aliphatic heterocycles. The van der Waals surface area contributed by atoms with Gasteiger partial charge in [-0.15, -0.1) is 0 Å². The molecule has 7 nitrogen and oxygen atoms in total. The molecule has 0 amide bonds. The van der Waals surface area contributed by atoms with E-state index in [0.29, 0.717) is 12.2 Å². The van der Waals surface area contributed by atoms with Crippen LogP contribution in [-0.2, 0) is 30.2 Å². The maximum Gasteiger partial charge on any atom is 0.242 e. The summed E-state index contributed by atoms with van der Waals surface area (Å²) in [5, 5.41) is 9.05. The summed E-state index contributed by atoms with van der Waals surface area (Å²) < 4.78 is 29.9. The molecule has 19 heavy (non-hydrogen) atoms. The third kappa shape index (κ3) is 3.22. The number of hydrogen-bond acceptors (Lipinski definition) is 4. The van der Waals surface area contributed by atoms with Gasteiger partial charge in [-0.05, 0) is 6.07 Å². The molecule has 8 heteroatoms. The molecule has 2 aromatic heterocycles. The van der Waals surface area contributed by atoms with Crippen LogP contribution in [-0.4, -0.2) is 34.2 Å². The average molecular weight is 284 g/mol. The van der Waals surface area contributed by atoms with Crippen LogP contribution >= 0.6 is 0 Å². The van der Waals surface area contributed by atoms with E-state index in [0.717, 1.165) is 0 Å². The lowest BCUT2D eigenvalue weighted by molar-refractivity contribution is 0.272. The Labute approximate surface area is 111 Å². The zero-order valence-electron chi connectivity index (χ0n) is 10.5. The van der Waals surface area contributed by atoms with Crippen LogP contribution in [0.4, 0.5) is 0 Å². The summed E-state index contributed by atoms with van der Waals surface area (Å²) in [6, 6.07) is 1.46. The number of nitrogens with zero attached hydrogens (tertiary/aromatic N) is 3. The third-order valence-electron chi connectivity index (χ3n) is 2.78. The number of hydrogen-bond donors (Lipinski definition) is 2. The molecule has 0 saturated heterocycles. The predicted molar refractivity (Wildman–Crippen MR) is 68.8 cm³/mol. The Morgan fingerprint density at radius 3 is 2.84 bits per heavy atom. The first-order valence-electron chi connectivity index (χ1n) is 5.74. The van der Waals surface area contributed by atoms with Crippen LogP contribution in [0, 0.1) is 0 Å². The van der Waals surface area contributed by atoms with Gasteiger partial charge in [-0.3, -0.25) is 0 Å². The van der Waals surface area contributed by atoms with Crippen molar-refractivity contribution in [2.75, 3.05) is 6.54 Å². The molecule has 0 aliphatic carbocycles. The van der Waals surface area contributed by atoms with E-state index in [1.54, 1.807) is 34.9 Å². The summed E-state index contributed by atoms with van der Waals surface area (Å²) in [7, 11) is -1.85. The zero-order chi connectivity index (χ0) is 13.9. The maximum absolute atomic E-state index is 12.0. The van der Waals surface area contributed by atoms with E-state index in [4.69, 9.17) is 5.11 Å². The molecule has 0 fully saturated rings. The van der Waals surface area contributed by atoms with E-state index in [2.05, 4.69) is 9.71 Å². The van der Waals surface area contributed by atoms with Crippen LogP contribution in [0.1, 0.15) is 5.69 Å². The molecule has 0 atom stereocenters. The Hall–Kier alpha value is -1.64. The number of aliphatic hydroxyl groups is 1. The molecule has 0 unspecified atom stereocenters. The SMILES string of the molecule is Cn1cc(S(=O)(=O)NCCn2ccnc2)cc1CO. The van der Waals surface area contributed by atoms with Gasteiger partial charge in [-0.2, -0.15) is 0 Å². The van der Waals surface area contributed by atoms with Crippen LogP contribution in [0.5, 0.6) is 0 Å². The molecule has 2 aromatic rings. The van der Waals surface area contributed by atoms with Crippen LogP contribution in [0.3, 0.4) is 0 Å². The minimum atomic E-state index is -3.54. The molecule has 2 rings (SSSR count). The van der Waals surface area contributed by atoms with E-state index >= 15 is 0 Å². The number of rotatable bonds is 6. The Morgan fingerprint density at radius 2 is 2.26 bits per heavy atom. The van der Waals surface area contributed by atoms with Gasteiger partial charge in [0.05, 0.1) is 17.8 Å². The van der Waals surface area contributed by atoms with Gasteiger partial charge in [-0.25, -0.2) is 18.1 Å². The minimum Gasteiger partial charge on any atom is -0.390 e. The van der Waals surface area contributed by atoms with Gasteiger partial charge in [0.2, 0.25) is 10.0 Å². The van der Waals surface area contributed by atoms with Crippen LogP contribution < -0.4 is 4.72 Å². The fourth-order valence-corrected chi connectivity index (χ4v) is 2.81. The molecule has 0 aromatic carbocycles. The highest BCUT2D eigenvalue weighted by atomic mass is 32.2. The smallest absolute Gasteiger partial charge is 0.242 e. The van der Waals surface area contributed by atoms with Crippen molar-refractivity contribution < 1.29 is 13.5 Å². The van der Waals surface area contributed by atoms with Gasteiger partial charge in [0.1, 0.15) is 0 Å². The maximum atomic E-state index is 12.0. The first-order chi connectivity index (χ1) is 9.03. The highest BCUT2D eigenvalue weighted by Gasteiger charge is 2.16. The van der Waals surface area contributed by atoms with Gasteiger partial charge in [0.15, 0.2) is 0 Å². The van der Waals surface area contributed by atoms with Crippen LogP contribution in [0.15, 0.2) is 35.9 Å². The minimum absolute atomic E-state index is 0.157. The fourth-order valence-electron chi connectivity index (χ4n) is 1.69. The average Bonchev–Trinajstić information content (AvgIpc) is 2.98. The predicted octanol–water partition coefficient (Wildman–Crippen LogP) is -0.308. The van der Waals surface area contributed by atoms with E-state index < -0.39 is 10.0 Å². The summed E-state index contributed by atoms with van der Waals surface area (Å²) in [6.45, 7) is 0.599. The standard InChI is InChI=1S/C11H16N4O3S/c1-14-7-11(6-10(14)8-16)19(17,18)13-3-5-15-4-2-12-9-15/h2,4,6-7,9,13,16H,3,5,8H2,1H3. The number of sulfonamides is 1.